The molecule has 2 aromatic heterocycles. The first-order chi connectivity index (χ1) is 14.5. The van der Waals surface area contributed by atoms with Crippen molar-refractivity contribution in [2.45, 2.75) is 20.4 Å². The molecule has 2 heterocycles. The molecule has 0 bridgehead atoms. The normalized spacial score (nSPS) is 11.5. The van der Waals surface area contributed by atoms with Crippen molar-refractivity contribution in [1.82, 2.24) is 30.7 Å². The van der Waals surface area contributed by atoms with Gasteiger partial charge >= 0.3 is 0 Å². The maximum absolute atomic E-state index is 12.7. The van der Waals surface area contributed by atoms with Crippen molar-refractivity contribution >= 4 is 41.1 Å². The highest BCUT2D eigenvalue weighted by atomic mass is 35.5. The second-order valence-electron chi connectivity index (χ2n) is 6.25. The third kappa shape index (κ3) is 4.58. The van der Waals surface area contributed by atoms with Gasteiger partial charge in [-0.1, -0.05) is 40.5 Å². The van der Waals surface area contributed by atoms with Crippen molar-refractivity contribution < 1.29 is 14.3 Å². The van der Waals surface area contributed by atoms with Crippen LogP contribution < -0.4 is 16.1 Å². The summed E-state index contributed by atoms with van der Waals surface area (Å²) in [7, 11) is 0. The van der Waals surface area contributed by atoms with Crippen LogP contribution in [0.1, 0.15) is 35.6 Å². The number of nitrogens with two attached hydrogens (primary N) is 1. The Kier molecular flexibility index (Phi) is 6.98. The number of benzene rings is 1. The molecular weight excluding hydrogens is 433 g/mol. The summed E-state index contributed by atoms with van der Waals surface area (Å²) in [6, 6.07) is 5.10. The first-order valence-electron chi connectivity index (χ1n) is 9.10. The van der Waals surface area contributed by atoms with Crippen LogP contribution in [0.3, 0.4) is 0 Å². The van der Waals surface area contributed by atoms with E-state index in [0.29, 0.717) is 27.8 Å². The van der Waals surface area contributed by atoms with Crippen molar-refractivity contribution in [2.24, 2.45) is 5.10 Å². The largest absolute Gasteiger partial charge is 0.378 e. The molecule has 0 aliphatic rings. The zero-order valence-electron chi connectivity index (χ0n) is 16.3. The van der Waals surface area contributed by atoms with Gasteiger partial charge < -0.3 is 10.6 Å². The van der Waals surface area contributed by atoms with Gasteiger partial charge in [0, 0.05) is 5.56 Å². The van der Waals surface area contributed by atoms with Crippen LogP contribution in [0.5, 0.6) is 0 Å². The van der Waals surface area contributed by atoms with Gasteiger partial charge in [-0.3, -0.25) is 4.79 Å². The van der Waals surface area contributed by atoms with E-state index < -0.39 is 5.91 Å². The smallest absolute Gasteiger partial charge is 0.294 e. The molecule has 0 radical (unpaired) electrons. The molecule has 1 aromatic carbocycles. The maximum atomic E-state index is 12.7. The highest BCUT2D eigenvalue weighted by Gasteiger charge is 2.26. The Bertz CT molecular complexity index is 1060. The highest BCUT2D eigenvalue weighted by Crippen LogP contribution is 2.24. The molecule has 158 valence electrons. The van der Waals surface area contributed by atoms with Crippen molar-refractivity contribution in [2.75, 3.05) is 18.8 Å². The number of amides is 1. The van der Waals surface area contributed by atoms with Crippen LogP contribution in [0.2, 0.25) is 10.0 Å². The van der Waals surface area contributed by atoms with Gasteiger partial charge in [0.1, 0.15) is 12.2 Å². The number of nitrogens with zero attached hydrogens (tertiary/aromatic N) is 6. The summed E-state index contributed by atoms with van der Waals surface area (Å²) in [5.74, 6) is -0.346. The fraction of sp³-hybridized carbons (Fsp3) is 0.294. The minimum atomic E-state index is -0.549. The first-order valence-corrected chi connectivity index (χ1v) is 9.85. The van der Waals surface area contributed by atoms with E-state index in [1.54, 1.807) is 18.2 Å². The topological polar surface area (TPSA) is 142 Å². The Morgan fingerprint density at radius 2 is 2.10 bits per heavy atom. The lowest BCUT2D eigenvalue weighted by Crippen LogP contribution is -3.10. The molecule has 0 spiro atoms. The average molecular weight is 453 g/mol. The first kappa shape index (κ1) is 21.7. The molecule has 13 heteroatoms. The molecule has 0 unspecified atom stereocenters. The van der Waals surface area contributed by atoms with Crippen LogP contribution in [0.4, 0.5) is 5.82 Å². The summed E-state index contributed by atoms with van der Waals surface area (Å²) in [6.45, 7) is 6.20. The van der Waals surface area contributed by atoms with Gasteiger partial charge in [0.15, 0.2) is 5.69 Å². The Morgan fingerprint density at radius 3 is 2.77 bits per heavy atom. The number of carbonyl (C=O) groups is 1. The summed E-state index contributed by atoms with van der Waals surface area (Å²) < 4.78 is 6.00. The van der Waals surface area contributed by atoms with Crippen molar-refractivity contribution in [3.8, 4) is 5.82 Å². The number of anilines is 1. The minimum absolute atomic E-state index is 0.0382. The second-order valence-corrected chi connectivity index (χ2v) is 7.03. The number of rotatable bonds is 8. The fourth-order valence-corrected chi connectivity index (χ4v) is 3.07. The Morgan fingerprint density at radius 1 is 1.33 bits per heavy atom. The van der Waals surface area contributed by atoms with E-state index in [-0.39, 0.29) is 17.3 Å². The zero-order chi connectivity index (χ0) is 21.7. The fourth-order valence-electron chi connectivity index (χ4n) is 2.71. The van der Waals surface area contributed by atoms with Crippen LogP contribution in [-0.2, 0) is 6.54 Å². The summed E-state index contributed by atoms with van der Waals surface area (Å²) >= 11 is 12.1. The molecule has 0 saturated carbocycles. The van der Waals surface area contributed by atoms with E-state index in [2.05, 4.69) is 35.8 Å². The molecule has 0 aliphatic heterocycles. The van der Waals surface area contributed by atoms with E-state index in [4.69, 9.17) is 28.9 Å². The van der Waals surface area contributed by atoms with Gasteiger partial charge in [-0.05, 0) is 30.2 Å². The summed E-state index contributed by atoms with van der Waals surface area (Å²) in [6.07, 6.45) is 1.39. The zero-order valence-corrected chi connectivity index (χ0v) is 17.8. The van der Waals surface area contributed by atoms with Crippen molar-refractivity contribution in [3.05, 3.63) is 45.2 Å². The molecule has 1 amide bonds. The molecular formula is C17H20Cl2N9O2+. The molecule has 3 rings (SSSR count). The Hall–Kier alpha value is -3.02. The van der Waals surface area contributed by atoms with Crippen molar-refractivity contribution in [1.29, 1.82) is 0 Å². The van der Waals surface area contributed by atoms with Gasteiger partial charge in [-0.15, -0.1) is 5.10 Å². The van der Waals surface area contributed by atoms with Crippen LogP contribution in [-0.4, -0.2) is 50.5 Å². The maximum Gasteiger partial charge on any atom is 0.294 e. The quantitative estimate of drug-likeness (QED) is 0.337. The highest BCUT2D eigenvalue weighted by molar-refractivity contribution is 6.43. The molecule has 0 aliphatic carbocycles. The number of carbonyl (C=O) groups excluding carboxylic acids is 1. The lowest BCUT2D eigenvalue weighted by molar-refractivity contribution is -0.910. The van der Waals surface area contributed by atoms with Crippen molar-refractivity contribution in [3.63, 3.8) is 0 Å². The van der Waals surface area contributed by atoms with E-state index in [0.717, 1.165) is 13.1 Å². The number of hydrogen-bond donors (Lipinski definition) is 3. The van der Waals surface area contributed by atoms with Crippen LogP contribution in [0, 0.1) is 0 Å². The van der Waals surface area contributed by atoms with Gasteiger partial charge in [0.25, 0.3) is 5.91 Å². The van der Waals surface area contributed by atoms with E-state index in [1.807, 2.05) is 13.8 Å². The lowest BCUT2D eigenvalue weighted by Gasteiger charge is -2.15. The monoisotopic (exact) mass is 452 g/mol. The number of nitrogens with one attached hydrogen (secondary N) is 2. The van der Waals surface area contributed by atoms with E-state index in [9.17, 15) is 4.79 Å². The number of quaternary nitrogens is 1. The van der Waals surface area contributed by atoms with Gasteiger partial charge in [0.2, 0.25) is 11.6 Å². The molecule has 4 N–H and O–H groups in total. The SMILES string of the molecule is CC[NH+](CC)Cc1c(C(=O)N/N=C\c2cccc(Cl)c2Cl)nnn1-c1nonc1N. The Labute approximate surface area is 181 Å². The third-order valence-corrected chi connectivity index (χ3v) is 5.28. The number of hydrogen-bond acceptors (Lipinski definition) is 8. The predicted molar refractivity (Wildman–Crippen MR) is 111 cm³/mol. The Balaban J connectivity index is 1.87. The molecule has 3 aromatic rings. The molecule has 0 fully saturated rings. The van der Waals surface area contributed by atoms with E-state index in [1.165, 1.54) is 15.8 Å². The van der Waals surface area contributed by atoms with Gasteiger partial charge in [-0.2, -0.15) is 9.78 Å². The van der Waals surface area contributed by atoms with Crippen LogP contribution >= 0.6 is 23.2 Å². The summed E-state index contributed by atoms with van der Waals surface area (Å²) in [4.78, 5) is 13.9. The number of halogens is 2. The average Bonchev–Trinajstić information content (AvgIpc) is 3.34. The predicted octanol–water partition coefficient (Wildman–Crippen LogP) is 0.728. The number of nitrogen functional groups attached to an aromatic ring is 1. The van der Waals surface area contributed by atoms with Crippen LogP contribution in [0.25, 0.3) is 5.82 Å². The second kappa shape index (κ2) is 9.65. The number of hydrazone groups is 1. The standard InChI is InChI=1S/C17H19Cl2N9O2/c1-3-27(4-2)9-12-14(22-26-28(12)16-15(20)24-30-25-16)17(29)23-21-8-10-6-5-7-11(18)13(10)19/h5-8H,3-4,9H2,1-2H3,(H2,20,24)(H,23,29)/p+1/b21-8-. The molecule has 11 nitrogen and oxygen atoms in total. The number of aromatic nitrogens is 5. The van der Waals surface area contributed by atoms with Gasteiger partial charge in [-0.25, -0.2) is 10.1 Å². The van der Waals surface area contributed by atoms with Gasteiger partial charge in [0.05, 0.1) is 29.3 Å². The minimum Gasteiger partial charge on any atom is -0.378 e. The third-order valence-electron chi connectivity index (χ3n) is 4.44. The lowest BCUT2D eigenvalue weighted by atomic mass is 10.2. The molecule has 0 saturated heterocycles. The van der Waals surface area contributed by atoms with E-state index >= 15 is 0 Å². The summed E-state index contributed by atoms with van der Waals surface area (Å²) in [5.41, 5.74) is 9.36. The molecule has 30 heavy (non-hydrogen) atoms. The summed E-state index contributed by atoms with van der Waals surface area (Å²) in [5, 5.41) is 20.0. The molecule has 0 atom stereocenters. The van der Waals surface area contributed by atoms with Crippen LogP contribution in [0.15, 0.2) is 27.9 Å².